The molecule has 2 atom stereocenters. The zero-order valence-corrected chi connectivity index (χ0v) is 21.5. The van der Waals surface area contributed by atoms with E-state index in [2.05, 4.69) is 32.6 Å². The Labute approximate surface area is 222 Å². The van der Waals surface area contributed by atoms with Crippen molar-refractivity contribution in [2.45, 2.75) is 16.5 Å². The molecule has 36 heavy (non-hydrogen) atoms. The van der Waals surface area contributed by atoms with Crippen molar-refractivity contribution in [2.24, 2.45) is 12.8 Å². The van der Waals surface area contributed by atoms with E-state index in [1.54, 1.807) is 22.8 Å². The van der Waals surface area contributed by atoms with Gasteiger partial charge in [0.05, 0.1) is 34.9 Å². The van der Waals surface area contributed by atoms with E-state index in [0.29, 0.717) is 15.8 Å². The van der Waals surface area contributed by atoms with Gasteiger partial charge in [0.1, 0.15) is 5.54 Å². The van der Waals surface area contributed by atoms with Gasteiger partial charge in [0.2, 0.25) is 0 Å². The Kier molecular flexibility index (Phi) is 5.84. The maximum atomic E-state index is 7.33. The Morgan fingerprint density at radius 2 is 1.81 bits per heavy atom. The molecule has 0 saturated carbocycles. The van der Waals surface area contributed by atoms with Crippen LogP contribution < -0.4 is 5.73 Å². The standard InChI is InChI=1S/C26H21Cl2N7S/c1-34-15-30-13-23(34)26(29,17-5-8-19(27)9-6-17)18-7-10-22-21(12-18)25(16-3-2-4-20(28)11-16)36-14-24-31-32-33-35(22)24/h2-13,15,25H,14,29H2,1H3. The molecule has 0 radical (unpaired) electrons. The second-order valence-corrected chi connectivity index (χ2v) is 10.7. The Morgan fingerprint density at radius 1 is 1.00 bits per heavy atom. The summed E-state index contributed by atoms with van der Waals surface area (Å²) in [6.07, 6.45) is 3.57. The number of fused-ring (bicyclic) bond motifs is 3. The largest absolute Gasteiger partial charge is 0.336 e. The molecule has 180 valence electrons. The highest BCUT2D eigenvalue weighted by atomic mass is 35.5. The quantitative estimate of drug-likeness (QED) is 0.337. The van der Waals surface area contributed by atoms with Gasteiger partial charge >= 0.3 is 0 Å². The van der Waals surface area contributed by atoms with Crippen molar-refractivity contribution in [2.75, 3.05) is 0 Å². The molecule has 10 heteroatoms. The number of aromatic nitrogens is 6. The fraction of sp³-hybridized carbons (Fsp3) is 0.154. The Morgan fingerprint density at radius 3 is 2.56 bits per heavy atom. The first kappa shape index (κ1) is 23.2. The normalized spacial score (nSPS) is 16.6. The fourth-order valence-corrected chi connectivity index (χ4v) is 6.32. The number of thioether (sulfide) groups is 1. The number of rotatable bonds is 4. The van der Waals surface area contributed by atoms with Crippen LogP contribution >= 0.6 is 35.0 Å². The molecule has 1 aliphatic heterocycles. The van der Waals surface area contributed by atoms with Crippen molar-refractivity contribution in [1.29, 1.82) is 0 Å². The molecule has 7 nitrogen and oxygen atoms in total. The van der Waals surface area contributed by atoms with Crippen LogP contribution in [-0.4, -0.2) is 29.8 Å². The van der Waals surface area contributed by atoms with E-state index in [1.807, 2.05) is 72.4 Å². The SMILES string of the molecule is Cn1cncc1C(N)(c1ccc(Cl)cc1)c1ccc2c(c1)C(c1cccc(Cl)c1)SCc1nnnn1-2. The second-order valence-electron chi connectivity index (χ2n) is 8.73. The average Bonchev–Trinajstić information content (AvgIpc) is 3.50. The van der Waals surface area contributed by atoms with Gasteiger partial charge in [-0.2, -0.15) is 4.68 Å². The van der Waals surface area contributed by atoms with Crippen molar-refractivity contribution in [3.05, 3.63) is 123 Å². The number of aryl methyl sites for hydroxylation is 1. The molecule has 3 aromatic carbocycles. The van der Waals surface area contributed by atoms with E-state index in [4.69, 9.17) is 28.9 Å². The fourth-order valence-electron chi connectivity index (χ4n) is 4.79. The molecule has 0 spiro atoms. The molecule has 1 aliphatic rings. The summed E-state index contributed by atoms with van der Waals surface area (Å²) in [5.74, 6) is 1.45. The van der Waals surface area contributed by atoms with Gasteiger partial charge < -0.3 is 10.3 Å². The van der Waals surface area contributed by atoms with Gasteiger partial charge in [0.15, 0.2) is 5.82 Å². The Hall–Kier alpha value is -3.17. The predicted octanol–water partition coefficient (Wildman–Crippen LogP) is 5.29. The second kappa shape index (κ2) is 9.05. The topological polar surface area (TPSA) is 87.4 Å². The molecule has 0 amide bonds. The number of halogens is 2. The first-order valence-corrected chi connectivity index (χ1v) is 13.1. The summed E-state index contributed by atoms with van der Waals surface area (Å²) in [6, 6.07) is 21.8. The number of nitrogens with two attached hydrogens (primary N) is 1. The van der Waals surface area contributed by atoms with E-state index in [9.17, 15) is 0 Å². The number of hydrogen-bond acceptors (Lipinski definition) is 6. The van der Waals surface area contributed by atoms with Gasteiger partial charge in [-0.25, -0.2) is 4.98 Å². The van der Waals surface area contributed by atoms with Crippen LogP contribution in [0.1, 0.15) is 39.0 Å². The Balaban J connectivity index is 1.60. The number of imidazole rings is 1. The lowest BCUT2D eigenvalue weighted by Gasteiger charge is -2.32. The number of benzene rings is 3. The van der Waals surface area contributed by atoms with Crippen LogP contribution in [0, 0.1) is 0 Å². The van der Waals surface area contributed by atoms with Gasteiger partial charge in [-0.3, -0.25) is 0 Å². The molecule has 2 N–H and O–H groups in total. The van der Waals surface area contributed by atoms with Crippen LogP contribution in [0.2, 0.25) is 10.0 Å². The van der Waals surface area contributed by atoms with E-state index in [-0.39, 0.29) is 5.25 Å². The first-order valence-electron chi connectivity index (χ1n) is 11.3. The highest BCUT2D eigenvalue weighted by Crippen LogP contribution is 2.45. The van der Waals surface area contributed by atoms with Crippen molar-refractivity contribution >= 4 is 35.0 Å². The highest BCUT2D eigenvalue weighted by Gasteiger charge is 2.36. The molecule has 2 unspecified atom stereocenters. The molecular weight excluding hydrogens is 513 g/mol. The van der Waals surface area contributed by atoms with E-state index in [0.717, 1.165) is 39.5 Å². The summed E-state index contributed by atoms with van der Waals surface area (Å²) in [7, 11) is 1.95. The van der Waals surface area contributed by atoms with Crippen LogP contribution in [0.5, 0.6) is 0 Å². The lowest BCUT2D eigenvalue weighted by molar-refractivity contribution is 0.595. The third-order valence-electron chi connectivity index (χ3n) is 6.58. The predicted molar refractivity (Wildman–Crippen MR) is 142 cm³/mol. The summed E-state index contributed by atoms with van der Waals surface area (Å²) < 4.78 is 3.75. The molecule has 0 aliphatic carbocycles. The maximum absolute atomic E-state index is 7.33. The monoisotopic (exact) mass is 533 g/mol. The van der Waals surface area contributed by atoms with Gasteiger partial charge in [0, 0.05) is 17.1 Å². The van der Waals surface area contributed by atoms with E-state index in [1.165, 1.54) is 0 Å². The summed E-state index contributed by atoms with van der Waals surface area (Å²) in [5, 5.41) is 13.8. The molecule has 0 bridgehead atoms. The van der Waals surface area contributed by atoms with Gasteiger partial charge in [-0.15, -0.1) is 16.9 Å². The van der Waals surface area contributed by atoms with E-state index < -0.39 is 5.54 Å². The molecular formula is C26H21Cl2N7S. The van der Waals surface area contributed by atoms with Crippen molar-refractivity contribution < 1.29 is 0 Å². The summed E-state index contributed by atoms with van der Waals surface area (Å²) in [6.45, 7) is 0. The molecule has 3 heterocycles. The molecule has 0 saturated heterocycles. The third-order valence-corrected chi connectivity index (χ3v) is 8.35. The van der Waals surface area contributed by atoms with Gasteiger partial charge in [-0.1, -0.05) is 53.5 Å². The van der Waals surface area contributed by atoms with Crippen LogP contribution in [0.4, 0.5) is 0 Å². The molecule has 5 aromatic rings. The van der Waals surface area contributed by atoms with Gasteiger partial charge in [0.25, 0.3) is 0 Å². The first-order chi connectivity index (χ1) is 17.4. The molecule has 6 rings (SSSR count). The van der Waals surface area contributed by atoms with Crippen molar-refractivity contribution in [1.82, 2.24) is 29.8 Å². The van der Waals surface area contributed by atoms with Crippen molar-refractivity contribution in [3.8, 4) is 5.69 Å². The number of tetrazole rings is 1. The lowest BCUT2D eigenvalue weighted by Crippen LogP contribution is -2.41. The van der Waals surface area contributed by atoms with Crippen LogP contribution in [0.3, 0.4) is 0 Å². The smallest absolute Gasteiger partial charge is 0.166 e. The number of nitrogens with zero attached hydrogens (tertiary/aromatic N) is 6. The van der Waals surface area contributed by atoms with Crippen LogP contribution in [-0.2, 0) is 18.3 Å². The van der Waals surface area contributed by atoms with Crippen molar-refractivity contribution in [3.63, 3.8) is 0 Å². The molecule has 2 aromatic heterocycles. The number of hydrogen-bond donors (Lipinski definition) is 1. The minimum Gasteiger partial charge on any atom is -0.336 e. The molecule has 0 fully saturated rings. The van der Waals surface area contributed by atoms with Gasteiger partial charge in [-0.05, 0) is 69.1 Å². The summed E-state index contributed by atoms with van der Waals surface area (Å²) in [5.41, 5.74) is 12.1. The maximum Gasteiger partial charge on any atom is 0.166 e. The third kappa shape index (κ3) is 3.81. The zero-order valence-electron chi connectivity index (χ0n) is 19.2. The summed E-state index contributed by atoms with van der Waals surface area (Å²) in [4.78, 5) is 4.36. The minimum absolute atomic E-state index is 0.0110. The lowest BCUT2D eigenvalue weighted by atomic mass is 9.80. The highest BCUT2D eigenvalue weighted by molar-refractivity contribution is 7.99. The summed E-state index contributed by atoms with van der Waals surface area (Å²) >= 11 is 14.4. The Bertz CT molecular complexity index is 1560. The van der Waals surface area contributed by atoms with E-state index >= 15 is 0 Å². The minimum atomic E-state index is -0.982. The zero-order chi connectivity index (χ0) is 24.9. The van der Waals surface area contributed by atoms with Crippen LogP contribution in [0.25, 0.3) is 5.69 Å². The van der Waals surface area contributed by atoms with Crippen LogP contribution in [0.15, 0.2) is 79.3 Å². The average molecular weight is 534 g/mol.